The molecule has 6 nitrogen and oxygen atoms in total. The molecule has 3 aromatic carbocycles. The van der Waals surface area contributed by atoms with E-state index in [0.29, 0.717) is 6.07 Å². The summed E-state index contributed by atoms with van der Waals surface area (Å²) >= 11 is 0. The summed E-state index contributed by atoms with van der Waals surface area (Å²) in [5.74, 6) is -3.23. The lowest BCUT2D eigenvalue weighted by Gasteiger charge is -2.33. The van der Waals surface area contributed by atoms with Crippen molar-refractivity contribution in [2.75, 3.05) is 26.0 Å². The molecule has 0 aliphatic heterocycles. The summed E-state index contributed by atoms with van der Waals surface area (Å²) in [6.07, 6.45) is -3.72. The van der Waals surface area contributed by atoms with Gasteiger partial charge in [0, 0.05) is 62.0 Å². The molecule has 240 valence electrons. The van der Waals surface area contributed by atoms with Gasteiger partial charge in [0.05, 0.1) is 17.1 Å². The van der Waals surface area contributed by atoms with Crippen molar-refractivity contribution < 1.29 is 44.3 Å². The molecule has 13 heteroatoms. The summed E-state index contributed by atoms with van der Waals surface area (Å²) < 4.78 is 114. The minimum absolute atomic E-state index is 0.0355. The third-order valence-corrected chi connectivity index (χ3v) is 8.11. The highest BCUT2D eigenvalue weighted by atomic mass is 32.2. The Bertz CT molecular complexity index is 1580. The van der Waals surface area contributed by atoms with Crippen LogP contribution in [-0.2, 0) is 39.3 Å². The van der Waals surface area contributed by atoms with Crippen molar-refractivity contribution in [1.29, 1.82) is 0 Å². The number of carbonyl (C=O) groups excluding carboxylic acids is 1. The number of amides is 1. The van der Waals surface area contributed by atoms with Gasteiger partial charge in [-0.2, -0.15) is 13.2 Å². The Morgan fingerprint density at radius 3 is 2.25 bits per heavy atom. The van der Waals surface area contributed by atoms with Crippen molar-refractivity contribution in [3.05, 3.63) is 94.3 Å². The number of carbonyl (C=O) groups is 1. The van der Waals surface area contributed by atoms with Crippen LogP contribution in [0.1, 0.15) is 49.4 Å². The minimum Gasteiger partial charge on any atom is -0.493 e. The lowest BCUT2D eigenvalue weighted by Crippen LogP contribution is -2.38. The zero-order chi connectivity index (χ0) is 32.9. The fraction of sp³-hybridized carbons (Fsp3) is 0.387. The average molecular weight is 645 g/mol. The summed E-state index contributed by atoms with van der Waals surface area (Å²) in [6.45, 7) is 4.85. The summed E-state index contributed by atoms with van der Waals surface area (Å²) in [5.41, 5.74) is -1.61. The quantitative estimate of drug-likeness (QED) is 0.172. The fourth-order valence-corrected chi connectivity index (χ4v) is 5.74. The SMILES string of the molecule is CC(=O)NCc1c(F)cc(OCCCN(Cc2cccc(C(F)(F)F)c2F)CC(C)(C)c2ccc(F)cc2)cc1S(C)(=O)=O. The first-order chi connectivity index (χ1) is 20.4. The molecule has 0 bridgehead atoms. The molecule has 0 atom stereocenters. The largest absolute Gasteiger partial charge is 0.493 e. The van der Waals surface area contributed by atoms with Crippen molar-refractivity contribution in [1.82, 2.24) is 10.2 Å². The first-order valence-electron chi connectivity index (χ1n) is 13.6. The van der Waals surface area contributed by atoms with Crippen LogP contribution in [-0.4, -0.2) is 45.2 Å². The zero-order valence-electron chi connectivity index (χ0n) is 24.7. The number of nitrogens with zero attached hydrogens (tertiary/aromatic N) is 1. The van der Waals surface area contributed by atoms with Crippen molar-refractivity contribution >= 4 is 15.7 Å². The fourth-order valence-electron chi connectivity index (χ4n) is 4.79. The highest BCUT2D eigenvalue weighted by Crippen LogP contribution is 2.33. The predicted octanol–water partition coefficient (Wildman–Crippen LogP) is 6.41. The predicted molar refractivity (Wildman–Crippen MR) is 153 cm³/mol. The maximum atomic E-state index is 14.9. The van der Waals surface area contributed by atoms with Crippen LogP contribution in [0, 0.1) is 17.5 Å². The van der Waals surface area contributed by atoms with Crippen LogP contribution in [0.15, 0.2) is 59.5 Å². The van der Waals surface area contributed by atoms with E-state index in [2.05, 4.69) is 5.32 Å². The van der Waals surface area contributed by atoms with E-state index >= 15 is 0 Å². The van der Waals surface area contributed by atoms with Gasteiger partial charge in [0.2, 0.25) is 5.91 Å². The molecule has 0 saturated carbocycles. The zero-order valence-corrected chi connectivity index (χ0v) is 25.5. The van der Waals surface area contributed by atoms with Gasteiger partial charge in [0.15, 0.2) is 9.84 Å². The number of hydrogen-bond donors (Lipinski definition) is 1. The summed E-state index contributed by atoms with van der Waals surface area (Å²) in [6, 6.07) is 11.0. The molecule has 0 radical (unpaired) electrons. The Morgan fingerprint density at radius 2 is 1.66 bits per heavy atom. The Labute approximate surface area is 252 Å². The number of benzene rings is 3. The average Bonchev–Trinajstić information content (AvgIpc) is 2.90. The van der Waals surface area contributed by atoms with Gasteiger partial charge in [0.25, 0.3) is 0 Å². The topological polar surface area (TPSA) is 75.7 Å². The summed E-state index contributed by atoms with van der Waals surface area (Å²) in [7, 11) is -3.89. The normalized spacial score (nSPS) is 12.4. The summed E-state index contributed by atoms with van der Waals surface area (Å²) in [4.78, 5) is 12.7. The van der Waals surface area contributed by atoms with Crippen LogP contribution < -0.4 is 10.1 Å². The van der Waals surface area contributed by atoms with Gasteiger partial charge in [-0.05, 0) is 36.2 Å². The third kappa shape index (κ3) is 9.46. The second kappa shape index (κ2) is 14.0. The van der Waals surface area contributed by atoms with Crippen molar-refractivity contribution in [2.45, 2.75) is 56.8 Å². The van der Waals surface area contributed by atoms with Gasteiger partial charge in [-0.3, -0.25) is 9.69 Å². The molecule has 1 amide bonds. The van der Waals surface area contributed by atoms with Crippen LogP contribution in [0.3, 0.4) is 0 Å². The van der Waals surface area contributed by atoms with Gasteiger partial charge in [-0.1, -0.05) is 38.1 Å². The smallest absolute Gasteiger partial charge is 0.419 e. The van der Waals surface area contributed by atoms with E-state index in [9.17, 15) is 39.6 Å². The Balaban J connectivity index is 1.81. The molecule has 3 rings (SSSR count). The van der Waals surface area contributed by atoms with Gasteiger partial charge >= 0.3 is 6.18 Å². The Hall–Kier alpha value is -3.58. The molecule has 0 fully saturated rings. The molecular weight excluding hydrogens is 610 g/mol. The van der Waals surface area contributed by atoms with Crippen molar-refractivity contribution in [3.8, 4) is 5.75 Å². The standard InChI is InChI=1S/C31H34F6N2O4S/c1-20(40)38-17-25-27(33)15-24(16-28(25)44(4,41)42)43-14-6-13-39(19-30(2,3)22-9-11-23(32)12-10-22)18-21-7-5-8-26(29(21)34)31(35,36)37/h5,7-12,15-16H,6,13-14,17-19H2,1-4H3,(H,38,40). The molecule has 0 aliphatic carbocycles. The summed E-state index contributed by atoms with van der Waals surface area (Å²) in [5, 5.41) is 2.37. The molecular formula is C31H34F6N2O4S. The molecule has 0 heterocycles. The second-order valence-corrected chi connectivity index (χ2v) is 13.1. The number of halogens is 6. The van der Waals surface area contributed by atoms with E-state index < -0.39 is 50.4 Å². The number of hydrogen-bond acceptors (Lipinski definition) is 5. The first kappa shape index (κ1) is 34.9. The van der Waals surface area contributed by atoms with Crippen LogP contribution in [0.2, 0.25) is 0 Å². The van der Waals surface area contributed by atoms with E-state index in [1.165, 1.54) is 25.1 Å². The van der Waals surface area contributed by atoms with Gasteiger partial charge in [0.1, 0.15) is 23.2 Å². The number of alkyl halides is 3. The molecule has 0 aliphatic rings. The molecule has 1 N–H and O–H groups in total. The molecule has 3 aromatic rings. The highest BCUT2D eigenvalue weighted by Gasteiger charge is 2.35. The molecule has 0 aromatic heterocycles. The molecule has 0 saturated heterocycles. The Kier molecular flexibility index (Phi) is 11.1. The lowest BCUT2D eigenvalue weighted by molar-refractivity contribution is -0.140. The number of ether oxygens (including phenoxy) is 1. The van der Waals surface area contributed by atoms with Gasteiger partial charge < -0.3 is 10.1 Å². The minimum atomic E-state index is -4.87. The van der Waals surface area contributed by atoms with Gasteiger partial charge in [-0.15, -0.1) is 0 Å². The number of nitrogens with one attached hydrogen (secondary N) is 1. The van der Waals surface area contributed by atoms with E-state index in [-0.39, 0.29) is 61.0 Å². The lowest BCUT2D eigenvalue weighted by atomic mass is 9.84. The van der Waals surface area contributed by atoms with Crippen LogP contribution >= 0.6 is 0 Å². The van der Waals surface area contributed by atoms with Crippen molar-refractivity contribution in [3.63, 3.8) is 0 Å². The number of sulfone groups is 1. The van der Waals surface area contributed by atoms with E-state index in [1.807, 2.05) is 13.8 Å². The second-order valence-electron chi connectivity index (χ2n) is 11.1. The van der Waals surface area contributed by atoms with Crippen LogP contribution in [0.5, 0.6) is 5.75 Å². The first-order valence-corrected chi connectivity index (χ1v) is 15.5. The van der Waals surface area contributed by atoms with E-state index in [1.54, 1.807) is 17.0 Å². The molecule has 0 spiro atoms. The molecule has 44 heavy (non-hydrogen) atoms. The van der Waals surface area contributed by atoms with Crippen LogP contribution in [0.4, 0.5) is 26.3 Å². The molecule has 0 unspecified atom stereocenters. The van der Waals surface area contributed by atoms with Crippen molar-refractivity contribution in [2.24, 2.45) is 0 Å². The van der Waals surface area contributed by atoms with E-state index in [4.69, 9.17) is 4.74 Å². The maximum absolute atomic E-state index is 14.9. The maximum Gasteiger partial charge on any atom is 0.419 e. The van der Waals surface area contributed by atoms with E-state index in [0.717, 1.165) is 30.0 Å². The third-order valence-electron chi connectivity index (χ3n) is 6.95. The highest BCUT2D eigenvalue weighted by molar-refractivity contribution is 7.90. The van der Waals surface area contributed by atoms with Gasteiger partial charge in [-0.25, -0.2) is 21.6 Å². The number of rotatable bonds is 13. The van der Waals surface area contributed by atoms with Crippen LogP contribution in [0.25, 0.3) is 0 Å². The Morgan fingerprint density at radius 1 is 1.00 bits per heavy atom. The monoisotopic (exact) mass is 644 g/mol.